The first kappa shape index (κ1) is 21.2. The molecular weight excluding hydrogens is 376 g/mol. The van der Waals surface area contributed by atoms with Crippen LogP contribution in [0.5, 0.6) is 11.5 Å². The van der Waals surface area contributed by atoms with Crippen molar-refractivity contribution in [1.29, 1.82) is 0 Å². The van der Waals surface area contributed by atoms with E-state index in [9.17, 15) is 5.11 Å². The first-order valence-electron chi connectivity index (χ1n) is 11.0. The molecule has 0 amide bonds. The van der Waals surface area contributed by atoms with Gasteiger partial charge >= 0.3 is 0 Å². The van der Waals surface area contributed by atoms with Crippen molar-refractivity contribution in [3.8, 4) is 11.5 Å². The Bertz CT molecular complexity index is 832. The van der Waals surface area contributed by atoms with E-state index >= 15 is 0 Å². The molecule has 0 aliphatic carbocycles. The van der Waals surface area contributed by atoms with E-state index in [0.29, 0.717) is 12.5 Å². The lowest BCUT2D eigenvalue weighted by atomic mass is 9.80. The van der Waals surface area contributed by atoms with Gasteiger partial charge in [-0.05, 0) is 38.9 Å². The van der Waals surface area contributed by atoms with Crippen molar-refractivity contribution < 1.29 is 14.6 Å². The number of aliphatic hydroxyl groups excluding tert-OH is 1. The van der Waals surface area contributed by atoms with Gasteiger partial charge in [0.25, 0.3) is 0 Å². The molecule has 4 rings (SSSR count). The molecule has 1 N–H and O–H groups in total. The molecule has 2 aliphatic heterocycles. The van der Waals surface area contributed by atoms with Gasteiger partial charge in [-0.1, -0.05) is 36.4 Å². The van der Waals surface area contributed by atoms with Crippen LogP contribution in [0.4, 0.5) is 0 Å². The zero-order valence-electron chi connectivity index (χ0n) is 18.4. The Labute approximate surface area is 180 Å². The van der Waals surface area contributed by atoms with Crippen molar-refractivity contribution in [3.05, 3.63) is 59.7 Å². The molecule has 162 valence electrons. The lowest BCUT2D eigenvalue weighted by Gasteiger charge is -2.38. The molecule has 0 saturated carbocycles. The fourth-order valence-corrected chi connectivity index (χ4v) is 4.48. The van der Waals surface area contributed by atoms with Crippen molar-refractivity contribution in [3.63, 3.8) is 0 Å². The van der Waals surface area contributed by atoms with Gasteiger partial charge in [0.2, 0.25) is 0 Å². The predicted molar refractivity (Wildman–Crippen MR) is 119 cm³/mol. The summed E-state index contributed by atoms with van der Waals surface area (Å²) in [5, 5.41) is 10.4. The molecule has 0 radical (unpaired) electrons. The van der Waals surface area contributed by atoms with Crippen LogP contribution in [0.2, 0.25) is 0 Å². The van der Waals surface area contributed by atoms with Crippen molar-refractivity contribution in [2.45, 2.75) is 37.9 Å². The smallest absolute Gasteiger partial charge is 0.127 e. The molecule has 2 unspecified atom stereocenters. The summed E-state index contributed by atoms with van der Waals surface area (Å²) < 4.78 is 12.2. The van der Waals surface area contributed by atoms with Crippen LogP contribution < -0.4 is 9.47 Å². The van der Waals surface area contributed by atoms with E-state index in [1.807, 2.05) is 12.1 Å². The highest BCUT2D eigenvalue weighted by atomic mass is 16.5. The van der Waals surface area contributed by atoms with Gasteiger partial charge in [-0.2, -0.15) is 0 Å². The van der Waals surface area contributed by atoms with Gasteiger partial charge in [0.05, 0.1) is 0 Å². The minimum absolute atomic E-state index is 0.243. The summed E-state index contributed by atoms with van der Waals surface area (Å²) in [6, 6.07) is 16.7. The van der Waals surface area contributed by atoms with E-state index < -0.39 is 6.10 Å². The van der Waals surface area contributed by atoms with Crippen LogP contribution in [0.25, 0.3) is 0 Å². The van der Waals surface area contributed by atoms with E-state index in [-0.39, 0.29) is 12.2 Å². The summed E-state index contributed by atoms with van der Waals surface area (Å²) in [6.07, 6.45) is 0.437. The fraction of sp³-hybridized carbons (Fsp3) is 0.520. The number of nitrogens with zero attached hydrogens (tertiary/aromatic N) is 2. The zero-order valence-corrected chi connectivity index (χ0v) is 18.4. The van der Waals surface area contributed by atoms with Crippen molar-refractivity contribution >= 4 is 0 Å². The largest absolute Gasteiger partial charge is 0.491 e. The molecule has 5 nitrogen and oxygen atoms in total. The van der Waals surface area contributed by atoms with Crippen LogP contribution in [0.1, 0.15) is 37.3 Å². The van der Waals surface area contributed by atoms with E-state index in [1.54, 1.807) is 0 Å². The summed E-state index contributed by atoms with van der Waals surface area (Å²) in [6.45, 7) is 9.31. The summed E-state index contributed by atoms with van der Waals surface area (Å²) in [5.74, 6) is 1.93. The van der Waals surface area contributed by atoms with Crippen molar-refractivity contribution in [2.75, 3.05) is 46.4 Å². The Balaban J connectivity index is 1.41. The van der Waals surface area contributed by atoms with Crippen LogP contribution in [-0.4, -0.2) is 73.0 Å². The van der Waals surface area contributed by atoms with Crippen LogP contribution >= 0.6 is 0 Å². The average Bonchev–Trinajstić information content (AvgIpc) is 2.73. The molecule has 1 saturated heterocycles. The van der Waals surface area contributed by atoms with E-state index in [4.69, 9.17) is 9.47 Å². The van der Waals surface area contributed by atoms with Gasteiger partial charge in [-0.15, -0.1) is 0 Å². The molecule has 2 aromatic rings. The molecular formula is C25H34N2O3. The highest BCUT2D eigenvalue weighted by molar-refractivity contribution is 5.48. The molecule has 0 aromatic heterocycles. The van der Waals surface area contributed by atoms with E-state index in [2.05, 4.69) is 67.1 Å². The maximum absolute atomic E-state index is 10.4. The number of ether oxygens (including phenoxy) is 2. The van der Waals surface area contributed by atoms with E-state index in [0.717, 1.165) is 44.1 Å². The number of hydrogen-bond acceptors (Lipinski definition) is 5. The lowest BCUT2D eigenvalue weighted by molar-refractivity contribution is 0.0497. The molecule has 30 heavy (non-hydrogen) atoms. The second-order valence-electron chi connectivity index (χ2n) is 9.30. The first-order valence-corrected chi connectivity index (χ1v) is 11.0. The summed E-state index contributed by atoms with van der Waals surface area (Å²) in [5.41, 5.74) is 2.27. The Kier molecular flexibility index (Phi) is 6.32. The number of aliphatic hydroxyl groups is 1. The number of fused-ring (bicyclic) bond motifs is 1. The third-order valence-electron chi connectivity index (χ3n) is 6.15. The number of benzene rings is 2. The monoisotopic (exact) mass is 410 g/mol. The number of rotatable bonds is 6. The summed E-state index contributed by atoms with van der Waals surface area (Å²) in [4.78, 5) is 4.62. The minimum atomic E-state index is -0.501. The Hall–Kier alpha value is -2.08. The van der Waals surface area contributed by atoms with Gasteiger partial charge < -0.3 is 19.5 Å². The Morgan fingerprint density at radius 3 is 2.57 bits per heavy atom. The van der Waals surface area contributed by atoms with Crippen LogP contribution in [0.15, 0.2) is 48.5 Å². The lowest BCUT2D eigenvalue weighted by Crippen LogP contribution is -2.47. The maximum Gasteiger partial charge on any atom is 0.127 e. The number of likely N-dealkylation sites (N-methyl/N-ethyl adjacent to an activating group) is 1. The summed E-state index contributed by atoms with van der Waals surface area (Å²) in [7, 11) is 2.14. The molecule has 5 heteroatoms. The minimum Gasteiger partial charge on any atom is -0.491 e. The van der Waals surface area contributed by atoms with Crippen molar-refractivity contribution in [2.24, 2.45) is 0 Å². The number of β-amino-alcohol motifs (C(OH)–C–C–N with tert-alkyl or cyclic N) is 1. The van der Waals surface area contributed by atoms with Crippen LogP contribution in [-0.2, 0) is 0 Å². The average molecular weight is 411 g/mol. The predicted octanol–water partition coefficient (Wildman–Crippen LogP) is 3.37. The van der Waals surface area contributed by atoms with Crippen LogP contribution in [0, 0.1) is 0 Å². The second kappa shape index (κ2) is 8.96. The molecule has 1 fully saturated rings. The van der Waals surface area contributed by atoms with Crippen molar-refractivity contribution in [1.82, 2.24) is 9.80 Å². The Morgan fingerprint density at radius 2 is 1.83 bits per heavy atom. The van der Waals surface area contributed by atoms with E-state index in [1.165, 1.54) is 11.1 Å². The second-order valence-corrected chi connectivity index (χ2v) is 9.30. The van der Waals surface area contributed by atoms with Gasteiger partial charge in [-0.25, -0.2) is 0 Å². The fourth-order valence-electron chi connectivity index (χ4n) is 4.48. The maximum atomic E-state index is 10.4. The zero-order chi connectivity index (χ0) is 21.1. The standard InChI is InChI=1S/C25H34N2O3/c1-25(2)16-23(19-7-5-4-6-8-19)22-10-9-21(15-24(22)30-25)29-18-20(28)17-27-13-11-26(3)12-14-27/h4-10,15,20,23,28H,11-14,16-18H2,1-3H3. The quantitative estimate of drug-likeness (QED) is 0.791. The normalized spacial score (nSPS) is 22.7. The SMILES string of the molecule is CN1CCN(CC(O)COc2ccc3c(c2)OC(C)(C)CC3c2ccccc2)CC1. The van der Waals surface area contributed by atoms with Gasteiger partial charge in [0, 0.05) is 50.3 Å². The molecule has 2 heterocycles. The van der Waals surface area contributed by atoms with Gasteiger partial charge in [0.15, 0.2) is 0 Å². The topological polar surface area (TPSA) is 45.2 Å². The van der Waals surface area contributed by atoms with Gasteiger partial charge in [0.1, 0.15) is 29.8 Å². The molecule has 0 bridgehead atoms. The molecule has 2 atom stereocenters. The molecule has 0 spiro atoms. The number of hydrogen-bond donors (Lipinski definition) is 1. The highest BCUT2D eigenvalue weighted by Gasteiger charge is 2.34. The number of piperazine rings is 1. The Morgan fingerprint density at radius 1 is 1.10 bits per heavy atom. The molecule has 2 aliphatic rings. The first-order chi connectivity index (χ1) is 14.4. The highest BCUT2D eigenvalue weighted by Crippen LogP contribution is 2.45. The third kappa shape index (κ3) is 5.15. The molecule has 2 aromatic carbocycles. The summed E-state index contributed by atoms with van der Waals surface area (Å²) >= 11 is 0. The van der Waals surface area contributed by atoms with Gasteiger partial charge in [-0.3, -0.25) is 4.90 Å². The third-order valence-corrected chi connectivity index (χ3v) is 6.15. The van der Waals surface area contributed by atoms with Crippen LogP contribution in [0.3, 0.4) is 0 Å².